The molecule has 0 aliphatic rings. The molecular formula is C10H26O2SSi2. The normalized spacial score (nSPS) is 14.6. The van der Waals surface area contributed by atoms with Gasteiger partial charge in [0.15, 0.2) is 0 Å². The number of hydrogen-bond donors (Lipinski definition) is 1. The number of hydrogen-bond acceptors (Lipinski definition) is 3. The van der Waals surface area contributed by atoms with E-state index in [0.29, 0.717) is 4.87 Å². The second-order valence-corrected chi connectivity index (χ2v) is 13.0. The first-order chi connectivity index (χ1) is 7.10. The van der Waals surface area contributed by atoms with Crippen LogP contribution in [0.4, 0.5) is 0 Å². The highest BCUT2D eigenvalue weighted by atomic mass is 32.1. The van der Waals surface area contributed by atoms with Gasteiger partial charge in [-0.05, 0) is 10.9 Å². The fourth-order valence-electron chi connectivity index (χ4n) is 2.18. The van der Waals surface area contributed by atoms with Crippen molar-refractivity contribution in [1.82, 2.24) is 0 Å². The van der Waals surface area contributed by atoms with Gasteiger partial charge in [0.05, 0.1) is 8.07 Å². The summed E-state index contributed by atoms with van der Waals surface area (Å²) in [6.45, 7) is 6.95. The highest BCUT2D eigenvalue weighted by molar-refractivity contribution is 7.83. The third-order valence-corrected chi connectivity index (χ3v) is 14.3. The van der Waals surface area contributed by atoms with Crippen molar-refractivity contribution in [3.63, 3.8) is 0 Å². The Balaban J connectivity index is 4.43. The van der Waals surface area contributed by atoms with E-state index in [1.54, 1.807) is 14.2 Å². The molecule has 0 bridgehead atoms. The predicted octanol–water partition coefficient (Wildman–Crippen LogP) is 2.85. The highest BCUT2D eigenvalue weighted by Crippen LogP contribution is 2.30. The standard InChI is InChI=1S/C10H26O2SSi2/c1-6-15(7-2,8-3)10(13)9-14(11-4)12-5/h10,13-14H,6-9H2,1-5H3/t10-/m1/s1. The Labute approximate surface area is 103 Å². The predicted molar refractivity (Wildman–Crippen MR) is 75.9 cm³/mol. The quantitative estimate of drug-likeness (QED) is 0.538. The van der Waals surface area contributed by atoms with Crippen LogP contribution in [-0.4, -0.2) is 36.5 Å². The van der Waals surface area contributed by atoms with Gasteiger partial charge in [0.2, 0.25) is 0 Å². The van der Waals surface area contributed by atoms with E-state index >= 15 is 0 Å². The Morgan fingerprint density at radius 3 is 1.73 bits per heavy atom. The zero-order chi connectivity index (χ0) is 11.9. The Morgan fingerprint density at radius 1 is 1.07 bits per heavy atom. The Bertz CT molecular complexity index is 153. The molecule has 0 saturated heterocycles. The van der Waals surface area contributed by atoms with Crippen molar-refractivity contribution in [3.05, 3.63) is 0 Å². The van der Waals surface area contributed by atoms with Gasteiger partial charge in [0.25, 0.3) is 0 Å². The summed E-state index contributed by atoms with van der Waals surface area (Å²) in [6, 6.07) is 5.02. The Hall–Kier alpha value is 0.704. The van der Waals surface area contributed by atoms with Crippen LogP contribution in [-0.2, 0) is 8.85 Å². The maximum absolute atomic E-state index is 5.39. The molecule has 0 aromatic heterocycles. The summed E-state index contributed by atoms with van der Waals surface area (Å²) in [6.07, 6.45) is 0. The van der Waals surface area contributed by atoms with Gasteiger partial charge in [0, 0.05) is 14.2 Å². The smallest absolute Gasteiger partial charge is 0.321 e. The SMILES string of the molecule is CC[Si](CC)(CC)[C@@H](S)C[SiH](OC)OC. The zero-order valence-corrected chi connectivity index (χ0v) is 13.8. The van der Waals surface area contributed by atoms with Gasteiger partial charge in [-0.3, -0.25) is 0 Å². The number of rotatable bonds is 8. The van der Waals surface area contributed by atoms with Crippen LogP contribution in [0.2, 0.25) is 24.2 Å². The lowest BCUT2D eigenvalue weighted by atomic mass is 10.9. The van der Waals surface area contributed by atoms with Crippen molar-refractivity contribution in [2.45, 2.75) is 49.8 Å². The molecule has 0 spiro atoms. The largest absolute Gasteiger partial charge is 0.400 e. The fourth-order valence-corrected chi connectivity index (χ4v) is 10.8. The van der Waals surface area contributed by atoms with Crippen molar-refractivity contribution >= 4 is 30.0 Å². The van der Waals surface area contributed by atoms with Gasteiger partial charge in [0.1, 0.15) is 0 Å². The van der Waals surface area contributed by atoms with E-state index in [0.717, 1.165) is 6.04 Å². The molecule has 0 unspecified atom stereocenters. The van der Waals surface area contributed by atoms with E-state index in [-0.39, 0.29) is 0 Å². The second-order valence-electron chi connectivity index (χ2n) is 4.08. The molecule has 2 nitrogen and oxygen atoms in total. The minimum absolute atomic E-state index is 0.536. The van der Waals surface area contributed by atoms with Crippen molar-refractivity contribution in [1.29, 1.82) is 0 Å². The van der Waals surface area contributed by atoms with Crippen molar-refractivity contribution in [3.8, 4) is 0 Å². The molecule has 92 valence electrons. The lowest BCUT2D eigenvalue weighted by molar-refractivity contribution is 0.278. The van der Waals surface area contributed by atoms with Gasteiger partial charge >= 0.3 is 9.28 Å². The fraction of sp³-hybridized carbons (Fsp3) is 1.00. The van der Waals surface area contributed by atoms with Crippen LogP contribution in [0.5, 0.6) is 0 Å². The maximum atomic E-state index is 5.39. The number of thiol groups is 1. The van der Waals surface area contributed by atoms with Crippen LogP contribution < -0.4 is 0 Å². The minimum Gasteiger partial charge on any atom is -0.400 e. The van der Waals surface area contributed by atoms with Crippen molar-refractivity contribution < 1.29 is 8.85 Å². The summed E-state index contributed by atoms with van der Waals surface area (Å²) >= 11 is 4.83. The molecule has 0 rings (SSSR count). The van der Waals surface area contributed by atoms with Gasteiger partial charge in [-0.1, -0.05) is 38.9 Å². The van der Waals surface area contributed by atoms with Crippen LogP contribution in [0.1, 0.15) is 20.8 Å². The molecule has 0 aliphatic carbocycles. The molecule has 1 atom stereocenters. The van der Waals surface area contributed by atoms with Crippen molar-refractivity contribution in [2.75, 3.05) is 14.2 Å². The van der Waals surface area contributed by atoms with E-state index in [4.69, 9.17) is 21.5 Å². The second kappa shape index (κ2) is 7.89. The summed E-state index contributed by atoms with van der Waals surface area (Å²) in [5, 5.41) is 0. The minimum atomic E-state index is -1.43. The summed E-state index contributed by atoms with van der Waals surface area (Å²) in [7, 11) is 0.905. The van der Waals surface area contributed by atoms with Crippen LogP contribution in [0, 0.1) is 0 Å². The van der Waals surface area contributed by atoms with Gasteiger partial charge in [-0.2, -0.15) is 12.6 Å². The molecule has 15 heavy (non-hydrogen) atoms. The average Bonchev–Trinajstić information content (AvgIpc) is 2.29. The molecule has 0 saturated carbocycles. The third kappa shape index (κ3) is 4.22. The molecule has 5 heteroatoms. The van der Waals surface area contributed by atoms with Crippen LogP contribution >= 0.6 is 12.6 Å². The van der Waals surface area contributed by atoms with Crippen LogP contribution in [0.15, 0.2) is 0 Å². The Morgan fingerprint density at radius 2 is 1.47 bits per heavy atom. The highest BCUT2D eigenvalue weighted by Gasteiger charge is 2.36. The molecule has 0 aromatic rings. The van der Waals surface area contributed by atoms with Gasteiger partial charge < -0.3 is 8.85 Å². The molecule has 0 fully saturated rings. The lowest BCUT2D eigenvalue weighted by Gasteiger charge is -2.35. The molecule has 0 amide bonds. The molecule has 0 N–H and O–H groups in total. The molecule has 0 aliphatic heterocycles. The third-order valence-electron chi connectivity index (χ3n) is 3.76. The van der Waals surface area contributed by atoms with E-state index in [9.17, 15) is 0 Å². The summed E-state index contributed by atoms with van der Waals surface area (Å²) < 4.78 is 10.8. The molecular weight excluding hydrogens is 240 g/mol. The monoisotopic (exact) mass is 266 g/mol. The first-order valence-corrected chi connectivity index (χ1v) is 10.8. The first kappa shape index (κ1) is 15.7. The molecule has 0 aromatic carbocycles. The zero-order valence-electron chi connectivity index (χ0n) is 10.7. The topological polar surface area (TPSA) is 18.5 Å². The Kier molecular flexibility index (Phi) is 8.26. The van der Waals surface area contributed by atoms with Crippen LogP contribution in [0.25, 0.3) is 0 Å². The van der Waals surface area contributed by atoms with E-state index in [1.807, 2.05) is 0 Å². The van der Waals surface area contributed by atoms with E-state index in [2.05, 4.69) is 20.8 Å². The molecule has 0 heterocycles. The van der Waals surface area contributed by atoms with Gasteiger partial charge in [-0.15, -0.1) is 0 Å². The first-order valence-electron chi connectivity index (χ1n) is 5.83. The summed E-state index contributed by atoms with van der Waals surface area (Å²) in [5.41, 5.74) is 0. The summed E-state index contributed by atoms with van der Waals surface area (Å²) in [5.74, 6) is 0. The van der Waals surface area contributed by atoms with E-state index < -0.39 is 17.4 Å². The van der Waals surface area contributed by atoms with Crippen molar-refractivity contribution in [2.24, 2.45) is 0 Å². The maximum Gasteiger partial charge on any atom is 0.321 e. The summed E-state index contributed by atoms with van der Waals surface area (Å²) in [4.78, 5) is 0.536. The average molecular weight is 267 g/mol. The van der Waals surface area contributed by atoms with Crippen LogP contribution in [0.3, 0.4) is 0 Å². The lowest BCUT2D eigenvalue weighted by Crippen LogP contribution is -2.45. The van der Waals surface area contributed by atoms with Gasteiger partial charge in [-0.25, -0.2) is 0 Å². The van der Waals surface area contributed by atoms with E-state index in [1.165, 1.54) is 18.1 Å². The molecule has 0 radical (unpaired) electrons.